The van der Waals surface area contributed by atoms with Crippen LogP contribution in [-0.2, 0) is 6.18 Å². The van der Waals surface area contributed by atoms with E-state index in [9.17, 15) is 18.0 Å². The molecule has 1 aromatic carbocycles. The van der Waals surface area contributed by atoms with Gasteiger partial charge in [-0.15, -0.1) is 0 Å². The van der Waals surface area contributed by atoms with E-state index in [1.165, 1.54) is 6.20 Å². The predicted octanol–water partition coefficient (Wildman–Crippen LogP) is 2.57. The van der Waals surface area contributed by atoms with Gasteiger partial charge in [0.25, 0.3) is 5.91 Å². The van der Waals surface area contributed by atoms with Gasteiger partial charge in [-0.1, -0.05) is 6.07 Å². The van der Waals surface area contributed by atoms with Crippen LogP contribution in [0.1, 0.15) is 22.5 Å². The molecule has 134 valence electrons. The SMILES string of the molecule is CNC[C@@H]1CCN(C(=O)c2cccc(-n3ccc(C(F)(F)F)n3)c2)C1. The first-order chi connectivity index (χ1) is 11.9. The molecular weight excluding hydrogens is 333 g/mol. The monoisotopic (exact) mass is 352 g/mol. The van der Waals surface area contributed by atoms with E-state index in [0.717, 1.165) is 23.7 Å². The standard InChI is InChI=1S/C17H19F3N4O/c1-21-10-12-5-7-23(11-12)16(25)13-3-2-4-14(9-13)24-8-6-15(22-24)17(18,19)20/h2-4,6,8-9,12,21H,5,7,10-11H2,1H3/t12-/m0/s1. The van der Waals surface area contributed by atoms with Crippen LogP contribution < -0.4 is 5.32 Å². The Morgan fingerprint density at radius 1 is 1.36 bits per heavy atom. The molecule has 1 fully saturated rings. The van der Waals surface area contributed by atoms with Crippen molar-refractivity contribution in [2.75, 3.05) is 26.7 Å². The Morgan fingerprint density at radius 3 is 2.84 bits per heavy atom. The third-order valence-electron chi connectivity index (χ3n) is 4.30. The first kappa shape index (κ1) is 17.5. The topological polar surface area (TPSA) is 50.2 Å². The summed E-state index contributed by atoms with van der Waals surface area (Å²) in [5.41, 5.74) is -0.0855. The molecule has 1 aliphatic rings. The van der Waals surface area contributed by atoms with E-state index >= 15 is 0 Å². The lowest BCUT2D eigenvalue weighted by Crippen LogP contribution is -2.30. The molecule has 0 spiro atoms. The Morgan fingerprint density at radius 2 is 2.16 bits per heavy atom. The number of carbonyl (C=O) groups is 1. The van der Waals surface area contributed by atoms with Gasteiger partial charge in [0.2, 0.25) is 0 Å². The van der Waals surface area contributed by atoms with E-state index in [1.54, 1.807) is 29.2 Å². The van der Waals surface area contributed by atoms with E-state index in [1.807, 2.05) is 7.05 Å². The number of likely N-dealkylation sites (tertiary alicyclic amines) is 1. The minimum atomic E-state index is -4.49. The maximum Gasteiger partial charge on any atom is 0.435 e. The summed E-state index contributed by atoms with van der Waals surface area (Å²) in [6, 6.07) is 7.43. The molecule has 2 aromatic rings. The summed E-state index contributed by atoms with van der Waals surface area (Å²) in [4.78, 5) is 14.4. The molecule has 0 bridgehead atoms. The average molecular weight is 352 g/mol. The van der Waals surface area contributed by atoms with Gasteiger partial charge in [-0.05, 0) is 50.2 Å². The lowest BCUT2D eigenvalue weighted by molar-refractivity contribution is -0.141. The van der Waals surface area contributed by atoms with Gasteiger partial charge in [-0.25, -0.2) is 4.68 Å². The van der Waals surface area contributed by atoms with Crippen LogP contribution >= 0.6 is 0 Å². The summed E-state index contributed by atoms with van der Waals surface area (Å²) in [7, 11) is 1.88. The normalized spacial score (nSPS) is 17.9. The average Bonchev–Trinajstić information content (AvgIpc) is 3.24. The number of halogens is 3. The number of nitrogens with one attached hydrogen (secondary N) is 1. The van der Waals surface area contributed by atoms with Crippen molar-refractivity contribution in [3.63, 3.8) is 0 Å². The number of alkyl halides is 3. The second-order valence-corrected chi connectivity index (χ2v) is 6.16. The quantitative estimate of drug-likeness (QED) is 0.920. The fourth-order valence-corrected chi connectivity index (χ4v) is 3.06. The van der Waals surface area contributed by atoms with Crippen LogP contribution in [0.15, 0.2) is 36.5 Å². The first-order valence-electron chi connectivity index (χ1n) is 8.05. The van der Waals surface area contributed by atoms with E-state index in [0.29, 0.717) is 30.3 Å². The molecule has 8 heteroatoms. The summed E-state index contributed by atoms with van der Waals surface area (Å²) in [6.07, 6.45) is -2.30. The molecule has 25 heavy (non-hydrogen) atoms. The molecule has 5 nitrogen and oxygen atoms in total. The van der Waals surface area contributed by atoms with Crippen molar-refractivity contribution in [3.8, 4) is 5.69 Å². The van der Waals surface area contributed by atoms with E-state index in [4.69, 9.17) is 0 Å². The van der Waals surface area contributed by atoms with Gasteiger partial charge in [-0.3, -0.25) is 4.79 Å². The number of benzene rings is 1. The molecule has 1 atom stereocenters. The number of carbonyl (C=O) groups excluding carboxylic acids is 1. The van der Waals surface area contributed by atoms with Crippen LogP contribution in [0.2, 0.25) is 0 Å². The minimum absolute atomic E-state index is 0.108. The summed E-state index contributed by atoms with van der Waals surface area (Å²) in [6.45, 7) is 2.23. The molecule has 1 aromatic heterocycles. The largest absolute Gasteiger partial charge is 0.435 e. The van der Waals surface area contributed by atoms with Crippen LogP contribution in [0.25, 0.3) is 5.69 Å². The van der Waals surface area contributed by atoms with Gasteiger partial charge in [-0.2, -0.15) is 18.3 Å². The number of aromatic nitrogens is 2. The number of nitrogens with zero attached hydrogens (tertiary/aromatic N) is 3. The molecule has 1 N–H and O–H groups in total. The second kappa shape index (κ2) is 6.87. The summed E-state index contributed by atoms with van der Waals surface area (Å²) in [5, 5.41) is 6.66. The molecule has 0 radical (unpaired) electrons. The van der Waals surface area contributed by atoms with Crippen molar-refractivity contribution in [1.29, 1.82) is 0 Å². The van der Waals surface area contributed by atoms with Crippen LogP contribution in [0.3, 0.4) is 0 Å². The van der Waals surface area contributed by atoms with Crippen molar-refractivity contribution in [2.24, 2.45) is 5.92 Å². The van der Waals surface area contributed by atoms with Crippen LogP contribution in [0.5, 0.6) is 0 Å². The zero-order valence-corrected chi connectivity index (χ0v) is 13.8. The Bertz CT molecular complexity index is 756. The van der Waals surface area contributed by atoms with Crippen molar-refractivity contribution in [3.05, 3.63) is 47.8 Å². The van der Waals surface area contributed by atoms with E-state index < -0.39 is 11.9 Å². The fraction of sp³-hybridized carbons (Fsp3) is 0.412. The third kappa shape index (κ3) is 3.84. The summed E-state index contributed by atoms with van der Waals surface area (Å²) >= 11 is 0. The molecule has 0 aliphatic carbocycles. The Kier molecular flexibility index (Phi) is 4.80. The van der Waals surface area contributed by atoms with Gasteiger partial charge in [0.1, 0.15) is 0 Å². The maximum absolute atomic E-state index is 12.7. The highest BCUT2D eigenvalue weighted by Crippen LogP contribution is 2.28. The molecular formula is C17H19F3N4O. The fourth-order valence-electron chi connectivity index (χ4n) is 3.06. The molecule has 0 saturated carbocycles. The lowest BCUT2D eigenvalue weighted by Gasteiger charge is -2.17. The van der Waals surface area contributed by atoms with Gasteiger partial charge in [0.15, 0.2) is 5.69 Å². The first-order valence-corrected chi connectivity index (χ1v) is 8.05. The van der Waals surface area contributed by atoms with Crippen molar-refractivity contribution < 1.29 is 18.0 Å². The maximum atomic E-state index is 12.7. The third-order valence-corrected chi connectivity index (χ3v) is 4.30. The van der Waals surface area contributed by atoms with Gasteiger partial charge in [0.05, 0.1) is 5.69 Å². The molecule has 1 aliphatic heterocycles. The molecule has 0 unspecified atom stereocenters. The lowest BCUT2D eigenvalue weighted by atomic mass is 10.1. The zero-order valence-electron chi connectivity index (χ0n) is 13.8. The molecule has 1 saturated heterocycles. The molecule has 1 amide bonds. The number of hydrogen-bond donors (Lipinski definition) is 1. The smallest absolute Gasteiger partial charge is 0.338 e. The van der Waals surface area contributed by atoms with Crippen LogP contribution in [0, 0.1) is 5.92 Å². The van der Waals surface area contributed by atoms with E-state index in [-0.39, 0.29) is 5.91 Å². The Hall–Kier alpha value is -2.35. The molecule has 3 rings (SSSR count). The van der Waals surface area contributed by atoms with E-state index in [2.05, 4.69) is 10.4 Å². The zero-order chi connectivity index (χ0) is 18.0. The van der Waals surface area contributed by atoms with Gasteiger partial charge >= 0.3 is 6.18 Å². The number of rotatable bonds is 4. The van der Waals surface area contributed by atoms with Crippen molar-refractivity contribution in [2.45, 2.75) is 12.6 Å². The minimum Gasteiger partial charge on any atom is -0.338 e. The molecule has 2 heterocycles. The number of amides is 1. The highest BCUT2D eigenvalue weighted by molar-refractivity contribution is 5.95. The highest BCUT2D eigenvalue weighted by Gasteiger charge is 2.33. The Balaban J connectivity index is 1.78. The predicted molar refractivity (Wildman–Crippen MR) is 86.5 cm³/mol. The van der Waals surface area contributed by atoms with Crippen LogP contribution in [0.4, 0.5) is 13.2 Å². The summed E-state index contributed by atoms with van der Waals surface area (Å²) in [5.74, 6) is 0.321. The van der Waals surface area contributed by atoms with Crippen LogP contribution in [-0.4, -0.2) is 47.3 Å². The number of hydrogen-bond acceptors (Lipinski definition) is 3. The highest BCUT2D eigenvalue weighted by atomic mass is 19.4. The summed E-state index contributed by atoms with van der Waals surface area (Å²) < 4.78 is 39.2. The van der Waals surface area contributed by atoms with Gasteiger partial charge < -0.3 is 10.2 Å². The Labute approximate surface area is 143 Å². The van der Waals surface area contributed by atoms with Crippen molar-refractivity contribution >= 4 is 5.91 Å². The van der Waals surface area contributed by atoms with Crippen molar-refractivity contribution in [1.82, 2.24) is 20.0 Å². The second-order valence-electron chi connectivity index (χ2n) is 6.16. The van der Waals surface area contributed by atoms with Gasteiger partial charge in [0, 0.05) is 24.8 Å².